The lowest BCUT2D eigenvalue weighted by Crippen LogP contribution is -2.41. The molecule has 51 heavy (non-hydrogen) atoms. The van der Waals surface area contributed by atoms with Crippen molar-refractivity contribution in [1.82, 2.24) is 29.7 Å². The number of nitrogens with one attached hydrogen (secondary N) is 2. The molecule has 0 bridgehead atoms. The maximum atomic E-state index is 13.9. The van der Waals surface area contributed by atoms with Crippen molar-refractivity contribution < 1.29 is 32.2 Å². The van der Waals surface area contributed by atoms with Gasteiger partial charge in [0.1, 0.15) is 16.4 Å². The number of morpholine rings is 1. The molecule has 1 atom stereocenters. The molecule has 4 aromatic rings. The normalized spacial score (nSPS) is 17.2. The highest BCUT2D eigenvalue weighted by molar-refractivity contribution is 7.13. The number of benzene rings is 1. The Morgan fingerprint density at radius 1 is 1.08 bits per heavy atom. The molecule has 0 saturated carbocycles. The van der Waals surface area contributed by atoms with Gasteiger partial charge in [-0.1, -0.05) is 6.07 Å². The first-order valence-corrected chi connectivity index (χ1v) is 17.9. The van der Waals surface area contributed by atoms with Crippen LogP contribution < -0.4 is 16.1 Å². The number of anilines is 1. The monoisotopic (exact) mass is 727 g/mol. The lowest BCUT2D eigenvalue weighted by Gasteiger charge is -2.28. The van der Waals surface area contributed by atoms with E-state index in [1.807, 2.05) is 4.57 Å². The third-order valence-electron chi connectivity index (χ3n) is 9.06. The van der Waals surface area contributed by atoms with E-state index in [2.05, 4.69) is 30.4 Å². The fourth-order valence-electron chi connectivity index (χ4n) is 6.50. The van der Waals surface area contributed by atoms with Crippen LogP contribution in [0, 0.1) is 5.92 Å². The number of thiazole rings is 1. The zero-order valence-corrected chi connectivity index (χ0v) is 29.2. The maximum Gasteiger partial charge on any atom is 0.434 e. The van der Waals surface area contributed by atoms with Crippen LogP contribution in [0.2, 0.25) is 0 Å². The fraction of sp³-hybridized carbons (Fsp3) is 0.457. The number of rotatable bonds is 11. The number of hydrogen-bond donors (Lipinski definition) is 2. The summed E-state index contributed by atoms with van der Waals surface area (Å²) in [5.41, 5.74) is 0.0909. The van der Waals surface area contributed by atoms with E-state index in [9.17, 15) is 27.6 Å². The summed E-state index contributed by atoms with van der Waals surface area (Å²) in [4.78, 5) is 52.2. The Hall–Kier alpha value is -4.38. The van der Waals surface area contributed by atoms with Crippen LogP contribution in [-0.2, 0) is 22.2 Å². The molecule has 1 aromatic carbocycles. The number of carbonyl (C=O) groups is 2. The Labute approximate surface area is 296 Å². The summed E-state index contributed by atoms with van der Waals surface area (Å²) >= 11 is 0.800. The molecule has 2 fully saturated rings. The number of alkyl halides is 3. The standard InChI is InChI=1S/C35H40F3N7O5S/c1-3-39-34(48)42-30-16-24(32-41-29(21-51-32)35(36,37)38)26(17-40-30)23-5-6-28-25(15-23)31(46)27(33(47)50-4-2)20-45(28)19-22-7-8-44(18-22)10-9-43-11-13-49-14-12-43/h5-6,15-17,20-22H,3-4,7-14,18-19H2,1-2H3,(H2,39,40,42,48)/t22-/m1/s1. The van der Waals surface area contributed by atoms with Gasteiger partial charge >= 0.3 is 18.2 Å². The number of nitrogens with zero attached hydrogens (tertiary/aromatic N) is 5. The molecule has 0 aliphatic carbocycles. The van der Waals surface area contributed by atoms with Gasteiger partial charge in [0.25, 0.3) is 0 Å². The number of amides is 2. The highest BCUT2D eigenvalue weighted by atomic mass is 32.1. The summed E-state index contributed by atoms with van der Waals surface area (Å²) in [7, 11) is 0. The van der Waals surface area contributed by atoms with Gasteiger partial charge in [-0.3, -0.25) is 15.0 Å². The molecule has 3 aromatic heterocycles. The van der Waals surface area contributed by atoms with Crippen molar-refractivity contribution in [1.29, 1.82) is 0 Å². The highest BCUT2D eigenvalue weighted by Gasteiger charge is 2.34. The van der Waals surface area contributed by atoms with Crippen LogP contribution >= 0.6 is 11.3 Å². The summed E-state index contributed by atoms with van der Waals surface area (Å²) in [5.74, 6) is -0.344. The highest BCUT2D eigenvalue weighted by Crippen LogP contribution is 2.39. The number of ether oxygens (including phenoxy) is 2. The van der Waals surface area contributed by atoms with E-state index in [4.69, 9.17) is 9.47 Å². The Morgan fingerprint density at radius 3 is 2.59 bits per heavy atom. The summed E-state index contributed by atoms with van der Waals surface area (Å²) in [6, 6.07) is 6.09. The average Bonchev–Trinajstić information content (AvgIpc) is 3.80. The molecule has 2 saturated heterocycles. The van der Waals surface area contributed by atoms with Crippen molar-refractivity contribution in [3.05, 3.63) is 63.5 Å². The number of halogens is 3. The minimum absolute atomic E-state index is 0.0517. The zero-order chi connectivity index (χ0) is 36.1. The van der Waals surface area contributed by atoms with E-state index in [0.717, 1.165) is 75.6 Å². The van der Waals surface area contributed by atoms with Gasteiger partial charge in [-0.15, -0.1) is 11.3 Å². The Bertz CT molecular complexity index is 1940. The summed E-state index contributed by atoms with van der Waals surface area (Å²) in [6.07, 6.45) is -0.699. The molecule has 272 valence electrons. The fourth-order valence-corrected chi connectivity index (χ4v) is 7.36. The number of hydrogen-bond acceptors (Lipinski definition) is 10. The first kappa shape index (κ1) is 36.4. The van der Waals surface area contributed by atoms with Gasteiger partial charge in [-0.2, -0.15) is 13.2 Å². The third kappa shape index (κ3) is 8.57. The molecule has 2 N–H and O–H groups in total. The Kier molecular flexibility index (Phi) is 11.3. The number of carbonyl (C=O) groups excluding carboxylic acids is 2. The van der Waals surface area contributed by atoms with E-state index in [1.54, 1.807) is 38.2 Å². The van der Waals surface area contributed by atoms with Gasteiger partial charge in [-0.05, 0) is 56.5 Å². The Morgan fingerprint density at radius 2 is 1.86 bits per heavy atom. The van der Waals surface area contributed by atoms with Crippen LogP contribution in [0.15, 0.2) is 46.8 Å². The van der Waals surface area contributed by atoms with Crippen molar-refractivity contribution in [2.75, 3.05) is 71.0 Å². The van der Waals surface area contributed by atoms with E-state index in [-0.39, 0.29) is 39.9 Å². The number of pyridine rings is 2. The van der Waals surface area contributed by atoms with Crippen LogP contribution in [-0.4, -0.2) is 102 Å². The van der Waals surface area contributed by atoms with Crippen molar-refractivity contribution in [3.63, 3.8) is 0 Å². The number of urea groups is 1. The predicted molar refractivity (Wildman–Crippen MR) is 188 cm³/mol. The van der Waals surface area contributed by atoms with Gasteiger partial charge in [0, 0.05) is 80.1 Å². The van der Waals surface area contributed by atoms with Crippen LogP contribution in [0.25, 0.3) is 32.6 Å². The SMILES string of the molecule is CCNC(=O)Nc1cc(-c2nc(C(F)(F)F)cs2)c(-c2ccc3c(c2)c(=O)c(C(=O)OCC)cn3C[C@@H]2CCN(CCN3CCOCC3)C2)cn1. The number of likely N-dealkylation sites (tertiary alicyclic amines) is 1. The van der Waals surface area contributed by atoms with Crippen molar-refractivity contribution >= 4 is 40.1 Å². The molecule has 2 aliphatic heterocycles. The summed E-state index contributed by atoms with van der Waals surface area (Å²) in [6.45, 7) is 11.6. The smallest absolute Gasteiger partial charge is 0.434 e. The van der Waals surface area contributed by atoms with Gasteiger partial charge in [0.2, 0.25) is 5.43 Å². The van der Waals surface area contributed by atoms with Crippen molar-refractivity contribution in [3.8, 4) is 21.7 Å². The van der Waals surface area contributed by atoms with Gasteiger partial charge in [-0.25, -0.2) is 19.6 Å². The van der Waals surface area contributed by atoms with E-state index >= 15 is 0 Å². The lowest BCUT2D eigenvalue weighted by atomic mass is 9.99. The van der Waals surface area contributed by atoms with E-state index < -0.39 is 29.3 Å². The molecule has 2 amide bonds. The van der Waals surface area contributed by atoms with Gasteiger partial charge < -0.3 is 24.3 Å². The second kappa shape index (κ2) is 15.9. The number of aromatic nitrogens is 3. The summed E-state index contributed by atoms with van der Waals surface area (Å²) < 4.78 is 53.3. The molecule has 5 heterocycles. The molecule has 0 radical (unpaired) electrons. The third-order valence-corrected chi connectivity index (χ3v) is 9.93. The minimum atomic E-state index is -4.65. The second-order valence-corrected chi connectivity index (χ2v) is 13.4. The van der Waals surface area contributed by atoms with E-state index in [1.165, 1.54) is 12.3 Å². The van der Waals surface area contributed by atoms with Crippen molar-refractivity contribution in [2.24, 2.45) is 5.92 Å². The molecular weight excluding hydrogens is 687 g/mol. The summed E-state index contributed by atoms with van der Waals surface area (Å²) in [5, 5.41) is 6.41. The lowest BCUT2D eigenvalue weighted by molar-refractivity contribution is -0.140. The van der Waals surface area contributed by atoms with Crippen LogP contribution in [0.4, 0.5) is 23.8 Å². The van der Waals surface area contributed by atoms with Crippen LogP contribution in [0.5, 0.6) is 0 Å². The van der Waals surface area contributed by atoms with Crippen LogP contribution in [0.3, 0.4) is 0 Å². The number of esters is 1. The minimum Gasteiger partial charge on any atom is -0.462 e. The van der Waals surface area contributed by atoms with E-state index in [0.29, 0.717) is 29.7 Å². The molecular formula is C35H40F3N7O5S. The number of fused-ring (bicyclic) bond motifs is 1. The topological polar surface area (TPSA) is 131 Å². The predicted octanol–water partition coefficient (Wildman–Crippen LogP) is 5.18. The first-order valence-electron chi connectivity index (χ1n) is 17.0. The molecule has 0 unspecified atom stereocenters. The second-order valence-electron chi connectivity index (χ2n) is 12.5. The molecule has 0 spiro atoms. The molecule has 6 rings (SSSR count). The van der Waals surface area contributed by atoms with Gasteiger partial charge in [0.15, 0.2) is 5.69 Å². The molecule has 16 heteroatoms. The molecule has 12 nitrogen and oxygen atoms in total. The molecule has 2 aliphatic rings. The quantitative estimate of drug-likeness (QED) is 0.201. The van der Waals surface area contributed by atoms with Gasteiger partial charge in [0.05, 0.1) is 25.3 Å². The Balaban J connectivity index is 1.36. The maximum absolute atomic E-state index is 13.9. The zero-order valence-electron chi connectivity index (χ0n) is 28.4. The largest absolute Gasteiger partial charge is 0.462 e. The first-order chi connectivity index (χ1) is 24.5. The average molecular weight is 728 g/mol. The van der Waals surface area contributed by atoms with Crippen molar-refractivity contribution in [2.45, 2.75) is 33.0 Å². The van der Waals surface area contributed by atoms with Crippen LogP contribution in [0.1, 0.15) is 36.3 Å².